The molecule has 7 bridgehead atoms. The van der Waals surface area contributed by atoms with Gasteiger partial charge in [-0.2, -0.15) is 0 Å². The van der Waals surface area contributed by atoms with Gasteiger partial charge < -0.3 is 14.2 Å². The number of Topliss-reactive ketones (excluding diaryl/α,β-unsaturated/α-hetero) is 2. The zero-order valence-corrected chi connectivity index (χ0v) is 21.9. The number of fused-ring (bicyclic) bond motifs is 2. The number of hydrogen-bond acceptors (Lipinski definition) is 8. The minimum atomic E-state index is -0.791. The molecule has 3 saturated heterocycles. The molecule has 8 heteroatoms. The molecular formula is C28H37NO7. The highest BCUT2D eigenvalue weighted by Gasteiger charge is 2.82. The van der Waals surface area contributed by atoms with Crippen LogP contribution in [0.4, 0.5) is 0 Å². The molecule has 3 heterocycles. The number of carbonyl (C=O) groups is 4. The van der Waals surface area contributed by atoms with Gasteiger partial charge in [0.25, 0.3) is 0 Å². The van der Waals surface area contributed by atoms with E-state index in [0.717, 1.165) is 0 Å². The molecule has 5 aliphatic carbocycles. The zero-order valence-electron chi connectivity index (χ0n) is 21.9. The van der Waals surface area contributed by atoms with Crippen molar-refractivity contribution in [2.24, 2.45) is 39.9 Å². The van der Waals surface area contributed by atoms with Crippen LogP contribution < -0.4 is 0 Å². The minimum Gasteiger partial charge on any atom is -0.457 e. The van der Waals surface area contributed by atoms with Crippen molar-refractivity contribution < 1.29 is 33.4 Å². The van der Waals surface area contributed by atoms with E-state index >= 15 is 0 Å². The SMILES string of the molecule is C=C1[C@@H]2C[C@H]3[C@@]45CC(=O)[C@@H](OC(C)=O)[C@@]6(C)CN(C)C4O[C@H](C[C@H]65)[C@]3(CC2=O)[C@H]1OC(=O)[C@@H](C)CC. The van der Waals surface area contributed by atoms with Gasteiger partial charge in [0.15, 0.2) is 11.9 Å². The van der Waals surface area contributed by atoms with E-state index in [1.165, 1.54) is 6.92 Å². The number of esters is 2. The quantitative estimate of drug-likeness (QED) is 0.430. The lowest BCUT2D eigenvalue weighted by Crippen LogP contribution is -2.85. The Morgan fingerprint density at radius 3 is 2.47 bits per heavy atom. The summed E-state index contributed by atoms with van der Waals surface area (Å²) in [5.41, 5.74) is -1.12. The molecule has 8 nitrogen and oxygen atoms in total. The summed E-state index contributed by atoms with van der Waals surface area (Å²) in [6.07, 6.45) is 0.474. The third-order valence-corrected chi connectivity index (χ3v) is 11.1. The van der Waals surface area contributed by atoms with Gasteiger partial charge >= 0.3 is 11.9 Å². The van der Waals surface area contributed by atoms with Crippen molar-refractivity contribution in [3.63, 3.8) is 0 Å². The van der Waals surface area contributed by atoms with E-state index in [4.69, 9.17) is 14.2 Å². The summed E-state index contributed by atoms with van der Waals surface area (Å²) < 4.78 is 18.7. The fourth-order valence-electron chi connectivity index (χ4n) is 9.67. The van der Waals surface area contributed by atoms with Crippen molar-refractivity contribution in [3.8, 4) is 0 Å². The Balaban J connectivity index is 1.49. The molecule has 0 aromatic carbocycles. The second kappa shape index (κ2) is 7.50. The Morgan fingerprint density at radius 1 is 1.11 bits per heavy atom. The molecule has 2 spiro atoms. The van der Waals surface area contributed by atoms with Gasteiger partial charge in [0.2, 0.25) is 0 Å². The number of hydrogen-bond donors (Lipinski definition) is 0. The van der Waals surface area contributed by atoms with E-state index in [0.29, 0.717) is 31.4 Å². The number of ether oxygens (including phenoxy) is 3. The van der Waals surface area contributed by atoms with Gasteiger partial charge in [0.05, 0.1) is 12.0 Å². The molecule has 0 aromatic heterocycles. The molecule has 8 fully saturated rings. The van der Waals surface area contributed by atoms with E-state index in [-0.39, 0.29) is 66.4 Å². The summed E-state index contributed by atoms with van der Waals surface area (Å²) >= 11 is 0. The Bertz CT molecular complexity index is 1090. The summed E-state index contributed by atoms with van der Waals surface area (Å²) in [7, 11) is 2.01. The molecule has 11 atom stereocenters. The normalized spacial score (nSPS) is 49.5. The number of rotatable bonds is 4. The molecule has 0 N–H and O–H groups in total. The van der Waals surface area contributed by atoms with E-state index < -0.39 is 34.4 Å². The van der Waals surface area contributed by atoms with Crippen LogP contribution in [0.15, 0.2) is 12.2 Å². The van der Waals surface area contributed by atoms with E-state index in [9.17, 15) is 19.2 Å². The van der Waals surface area contributed by atoms with Gasteiger partial charge in [-0.05, 0) is 43.7 Å². The number of nitrogens with zero attached hydrogens (tertiary/aromatic N) is 1. The number of likely N-dealkylation sites (tertiary alicyclic amines) is 1. The maximum Gasteiger partial charge on any atom is 0.309 e. The smallest absolute Gasteiger partial charge is 0.309 e. The first-order valence-electron chi connectivity index (χ1n) is 13.4. The molecule has 3 aliphatic heterocycles. The van der Waals surface area contributed by atoms with Crippen LogP contribution >= 0.6 is 0 Å². The Hall–Kier alpha value is -2.06. The number of carbonyl (C=O) groups excluding carboxylic acids is 4. The summed E-state index contributed by atoms with van der Waals surface area (Å²) in [6, 6.07) is 0. The highest BCUT2D eigenvalue weighted by atomic mass is 16.6. The maximum atomic E-state index is 13.7. The van der Waals surface area contributed by atoms with Gasteiger partial charge in [-0.3, -0.25) is 24.1 Å². The molecule has 0 radical (unpaired) electrons. The van der Waals surface area contributed by atoms with Crippen molar-refractivity contribution in [1.82, 2.24) is 4.90 Å². The number of piperidine rings is 1. The lowest BCUT2D eigenvalue weighted by Gasteiger charge is -2.79. The fourth-order valence-corrected chi connectivity index (χ4v) is 9.67. The first-order chi connectivity index (χ1) is 16.9. The standard InChI is InChI=1S/C28H37NO7/c1-7-13(2)24(33)36-22-14(3)16-8-20-27-11-18(32)23(34-15(4)30)26(5)12-29(6)25(27)35-21(9-19(26)27)28(20,22)10-17(16)31/h13,16,19-23,25H,3,7-12H2,1-2,4-6H3/t13-,16-,19+,20-,21+,22-,23+,25?,26-,27-,28+/m0/s1. The van der Waals surface area contributed by atoms with Crippen LogP contribution in [0.25, 0.3) is 0 Å². The first kappa shape index (κ1) is 24.3. The van der Waals surface area contributed by atoms with Crippen LogP contribution in [-0.4, -0.2) is 66.5 Å². The second-order valence-corrected chi connectivity index (χ2v) is 12.7. The molecule has 8 aliphatic rings. The average molecular weight is 500 g/mol. The molecule has 0 amide bonds. The van der Waals surface area contributed by atoms with Crippen LogP contribution in [-0.2, 0) is 33.4 Å². The fraction of sp³-hybridized carbons (Fsp3) is 0.786. The van der Waals surface area contributed by atoms with Crippen molar-refractivity contribution >= 4 is 23.5 Å². The molecule has 5 saturated carbocycles. The highest BCUT2D eigenvalue weighted by Crippen LogP contribution is 2.77. The topological polar surface area (TPSA) is 99.2 Å². The molecule has 8 rings (SSSR count). The van der Waals surface area contributed by atoms with Crippen molar-refractivity contribution in [3.05, 3.63) is 12.2 Å². The predicted octanol–water partition coefficient (Wildman–Crippen LogP) is 2.68. The Morgan fingerprint density at radius 2 is 1.81 bits per heavy atom. The third kappa shape index (κ3) is 2.67. The Kier molecular flexibility index (Phi) is 5.06. The zero-order chi connectivity index (χ0) is 25.9. The average Bonchev–Trinajstić information content (AvgIpc) is 2.81. The molecule has 1 unspecified atom stereocenters. The van der Waals surface area contributed by atoms with Crippen LogP contribution in [0.3, 0.4) is 0 Å². The summed E-state index contributed by atoms with van der Waals surface area (Å²) in [5, 5.41) is 0. The first-order valence-corrected chi connectivity index (χ1v) is 13.4. The highest BCUT2D eigenvalue weighted by molar-refractivity contribution is 5.90. The third-order valence-electron chi connectivity index (χ3n) is 11.1. The predicted molar refractivity (Wildman–Crippen MR) is 127 cm³/mol. The van der Waals surface area contributed by atoms with Crippen molar-refractivity contribution in [2.45, 2.75) is 84.3 Å². The van der Waals surface area contributed by atoms with Gasteiger partial charge in [-0.15, -0.1) is 0 Å². The molecule has 196 valence electrons. The van der Waals surface area contributed by atoms with E-state index in [1.54, 1.807) is 0 Å². The lowest BCUT2D eigenvalue weighted by molar-refractivity contribution is -0.398. The number of ketones is 2. The summed E-state index contributed by atoms with van der Waals surface area (Å²) in [4.78, 5) is 54.3. The molecule has 0 aromatic rings. The summed E-state index contributed by atoms with van der Waals surface area (Å²) in [5.74, 6) is -1.21. The van der Waals surface area contributed by atoms with Crippen LogP contribution in [0, 0.1) is 39.9 Å². The summed E-state index contributed by atoms with van der Waals surface area (Å²) in [6.45, 7) is 12.1. The maximum absolute atomic E-state index is 13.7. The van der Waals surface area contributed by atoms with Gasteiger partial charge in [0, 0.05) is 48.5 Å². The molecule has 36 heavy (non-hydrogen) atoms. The monoisotopic (exact) mass is 499 g/mol. The second-order valence-electron chi connectivity index (χ2n) is 12.7. The van der Waals surface area contributed by atoms with Gasteiger partial charge in [-0.25, -0.2) is 0 Å². The van der Waals surface area contributed by atoms with E-state index in [1.807, 2.05) is 20.9 Å². The molecular weight excluding hydrogens is 462 g/mol. The van der Waals surface area contributed by atoms with Gasteiger partial charge in [-0.1, -0.05) is 27.4 Å². The Labute approximate surface area is 212 Å². The minimum absolute atomic E-state index is 0.0280. The van der Waals surface area contributed by atoms with Gasteiger partial charge in [0.1, 0.15) is 18.1 Å². The van der Waals surface area contributed by atoms with Crippen molar-refractivity contribution in [1.29, 1.82) is 0 Å². The van der Waals surface area contributed by atoms with Crippen LogP contribution in [0.1, 0.15) is 59.8 Å². The van der Waals surface area contributed by atoms with Crippen LogP contribution in [0.5, 0.6) is 0 Å². The lowest BCUT2D eigenvalue weighted by atomic mass is 9.32. The largest absolute Gasteiger partial charge is 0.457 e. The van der Waals surface area contributed by atoms with E-state index in [2.05, 4.69) is 18.4 Å². The van der Waals surface area contributed by atoms with Crippen molar-refractivity contribution in [2.75, 3.05) is 13.6 Å². The van der Waals surface area contributed by atoms with Crippen LogP contribution in [0.2, 0.25) is 0 Å².